The molecule has 0 aliphatic carbocycles. The molecule has 2 rings (SSSR count). The van der Waals surface area contributed by atoms with Crippen LogP contribution in [0.2, 0.25) is 0 Å². The molecule has 0 bridgehead atoms. The molecule has 0 saturated carbocycles. The highest BCUT2D eigenvalue weighted by Gasteiger charge is 2.23. The zero-order valence-electron chi connectivity index (χ0n) is 11.6. The smallest absolute Gasteiger partial charge is 0.180 e. The second-order valence-electron chi connectivity index (χ2n) is 5.38. The Morgan fingerprint density at radius 3 is 2.58 bits per heavy atom. The quantitative estimate of drug-likeness (QED) is 0.922. The van der Waals surface area contributed by atoms with Crippen LogP contribution in [-0.2, 0) is 12.0 Å². The Bertz CT molecular complexity index is 598. The largest absolute Gasteiger partial charge is 0.383 e. The number of hydrogen-bond donors (Lipinski definition) is 1. The molecular weight excluding hydrogens is 306 g/mol. The van der Waals surface area contributed by atoms with Crippen LogP contribution in [0.25, 0.3) is 11.5 Å². The van der Waals surface area contributed by atoms with E-state index in [1.54, 1.807) is 6.20 Å². The van der Waals surface area contributed by atoms with Gasteiger partial charge in [0.15, 0.2) is 5.82 Å². The molecule has 2 aromatic heterocycles. The average molecular weight is 324 g/mol. The van der Waals surface area contributed by atoms with Crippen LogP contribution in [0.5, 0.6) is 0 Å². The van der Waals surface area contributed by atoms with Crippen LogP contribution in [0.3, 0.4) is 0 Å². The van der Waals surface area contributed by atoms with E-state index in [1.165, 1.54) is 0 Å². The van der Waals surface area contributed by atoms with Gasteiger partial charge in [-0.2, -0.15) is 5.10 Å². The monoisotopic (exact) mass is 323 g/mol. The Morgan fingerprint density at radius 1 is 1.32 bits per heavy atom. The van der Waals surface area contributed by atoms with Crippen molar-refractivity contribution in [3.05, 3.63) is 22.4 Å². The molecule has 0 atom stereocenters. The number of nitrogen functional groups attached to an aromatic ring is 1. The van der Waals surface area contributed by atoms with Crippen LogP contribution in [0, 0.1) is 0 Å². The van der Waals surface area contributed by atoms with E-state index in [-0.39, 0.29) is 5.41 Å². The number of halogens is 1. The minimum atomic E-state index is -0.109. The normalized spacial score (nSPS) is 11.8. The fourth-order valence-corrected chi connectivity index (χ4v) is 2.62. The van der Waals surface area contributed by atoms with Crippen molar-refractivity contribution < 1.29 is 0 Å². The number of anilines is 1. The zero-order chi connectivity index (χ0) is 14.2. The molecule has 5 nitrogen and oxygen atoms in total. The molecule has 0 unspecified atom stereocenters. The minimum absolute atomic E-state index is 0.109. The van der Waals surface area contributed by atoms with Crippen LogP contribution in [0.15, 0.2) is 16.7 Å². The molecule has 0 amide bonds. The summed E-state index contributed by atoms with van der Waals surface area (Å²) >= 11 is 3.48. The summed E-state index contributed by atoms with van der Waals surface area (Å²) in [5.74, 6) is 1.07. The van der Waals surface area contributed by atoms with E-state index in [0.717, 1.165) is 22.4 Å². The second-order valence-corrected chi connectivity index (χ2v) is 6.17. The number of aryl methyl sites for hydroxylation is 1. The molecule has 19 heavy (non-hydrogen) atoms. The summed E-state index contributed by atoms with van der Waals surface area (Å²) in [6.07, 6.45) is 1.75. The van der Waals surface area contributed by atoms with Crippen molar-refractivity contribution in [1.29, 1.82) is 0 Å². The Hall–Kier alpha value is -1.43. The molecule has 2 N–H and O–H groups in total. The lowest BCUT2D eigenvalue weighted by Gasteiger charge is -2.20. The van der Waals surface area contributed by atoms with E-state index in [9.17, 15) is 0 Å². The molecule has 6 heteroatoms. The molecule has 0 fully saturated rings. The zero-order valence-corrected chi connectivity index (χ0v) is 13.2. The van der Waals surface area contributed by atoms with Gasteiger partial charge in [-0.15, -0.1) is 0 Å². The van der Waals surface area contributed by atoms with Gasteiger partial charge in [0, 0.05) is 18.2 Å². The van der Waals surface area contributed by atoms with Gasteiger partial charge in [-0.3, -0.25) is 4.68 Å². The highest BCUT2D eigenvalue weighted by Crippen LogP contribution is 2.32. The average Bonchev–Trinajstić information content (AvgIpc) is 2.79. The Balaban J connectivity index is 2.64. The van der Waals surface area contributed by atoms with Gasteiger partial charge in [0.05, 0.1) is 10.2 Å². The van der Waals surface area contributed by atoms with Crippen molar-refractivity contribution in [1.82, 2.24) is 19.7 Å². The van der Waals surface area contributed by atoms with Gasteiger partial charge in [-0.1, -0.05) is 20.8 Å². The highest BCUT2D eigenvalue weighted by molar-refractivity contribution is 9.10. The first-order valence-corrected chi connectivity index (χ1v) is 6.99. The van der Waals surface area contributed by atoms with Gasteiger partial charge in [0.25, 0.3) is 0 Å². The van der Waals surface area contributed by atoms with Crippen molar-refractivity contribution in [3.63, 3.8) is 0 Å². The van der Waals surface area contributed by atoms with E-state index < -0.39 is 0 Å². The van der Waals surface area contributed by atoms with Crippen LogP contribution in [-0.4, -0.2) is 19.7 Å². The molecule has 2 aromatic rings. The summed E-state index contributed by atoms with van der Waals surface area (Å²) in [5, 5.41) is 4.24. The number of nitrogens with two attached hydrogens (primary N) is 1. The second kappa shape index (κ2) is 4.92. The molecule has 102 valence electrons. The first-order valence-electron chi connectivity index (χ1n) is 6.20. The van der Waals surface area contributed by atoms with Crippen LogP contribution >= 0.6 is 15.9 Å². The van der Waals surface area contributed by atoms with Crippen molar-refractivity contribution in [2.45, 2.75) is 39.7 Å². The lowest BCUT2D eigenvalue weighted by atomic mass is 9.92. The minimum Gasteiger partial charge on any atom is -0.383 e. The van der Waals surface area contributed by atoms with Crippen molar-refractivity contribution >= 4 is 21.7 Å². The molecule has 0 aliphatic rings. The van der Waals surface area contributed by atoms with Gasteiger partial charge in [-0.25, -0.2) is 9.97 Å². The Morgan fingerprint density at radius 2 is 2.00 bits per heavy atom. The van der Waals surface area contributed by atoms with E-state index in [0.29, 0.717) is 11.6 Å². The van der Waals surface area contributed by atoms with Gasteiger partial charge >= 0.3 is 0 Å². The van der Waals surface area contributed by atoms with Gasteiger partial charge < -0.3 is 5.73 Å². The van der Waals surface area contributed by atoms with E-state index in [4.69, 9.17) is 5.73 Å². The molecule has 0 radical (unpaired) electrons. The van der Waals surface area contributed by atoms with Crippen molar-refractivity contribution in [3.8, 4) is 11.5 Å². The summed E-state index contributed by atoms with van der Waals surface area (Å²) in [7, 11) is 0. The summed E-state index contributed by atoms with van der Waals surface area (Å²) in [6.45, 7) is 9.09. The standard InChI is InChI=1S/C13H18BrN5/c1-5-19-8(6-7-16-19)12-17-10(13(2,3)4)9(14)11(15)18-12/h6-7H,5H2,1-4H3,(H2,15,17,18). The fraction of sp³-hybridized carbons (Fsp3) is 0.462. The van der Waals surface area contributed by atoms with E-state index in [1.807, 2.05) is 17.7 Å². The van der Waals surface area contributed by atoms with Crippen LogP contribution < -0.4 is 5.73 Å². The summed E-state index contributed by atoms with van der Waals surface area (Å²) in [5.41, 5.74) is 7.66. The third-order valence-electron chi connectivity index (χ3n) is 2.83. The molecule has 0 aromatic carbocycles. The lowest BCUT2D eigenvalue weighted by molar-refractivity contribution is 0.563. The van der Waals surface area contributed by atoms with Crippen LogP contribution in [0.1, 0.15) is 33.4 Å². The van der Waals surface area contributed by atoms with Gasteiger partial charge in [0.2, 0.25) is 0 Å². The van der Waals surface area contributed by atoms with Crippen molar-refractivity contribution in [2.24, 2.45) is 0 Å². The number of aromatic nitrogens is 4. The predicted octanol–water partition coefficient (Wildman–Crippen LogP) is 3.00. The summed E-state index contributed by atoms with van der Waals surface area (Å²) in [6, 6.07) is 1.90. The third-order valence-corrected chi connectivity index (χ3v) is 3.61. The third kappa shape index (κ3) is 2.63. The van der Waals surface area contributed by atoms with Crippen molar-refractivity contribution in [2.75, 3.05) is 5.73 Å². The molecule has 0 saturated heterocycles. The maximum atomic E-state index is 5.99. The van der Waals surface area contributed by atoms with E-state index >= 15 is 0 Å². The summed E-state index contributed by atoms with van der Waals surface area (Å²) < 4.78 is 2.63. The Labute approximate surface area is 121 Å². The lowest BCUT2D eigenvalue weighted by Crippen LogP contribution is -2.17. The van der Waals surface area contributed by atoms with Crippen LogP contribution in [0.4, 0.5) is 5.82 Å². The topological polar surface area (TPSA) is 69.6 Å². The SMILES string of the molecule is CCn1nccc1-c1nc(N)c(Br)c(C(C)(C)C)n1. The molecular formula is C13H18BrN5. The van der Waals surface area contributed by atoms with Gasteiger partial charge in [0.1, 0.15) is 11.5 Å². The maximum Gasteiger partial charge on any atom is 0.180 e. The fourth-order valence-electron chi connectivity index (χ4n) is 1.85. The first-order chi connectivity index (χ1) is 8.84. The maximum absolute atomic E-state index is 5.99. The molecule has 0 spiro atoms. The first kappa shape index (κ1) is 14.0. The van der Waals surface area contributed by atoms with E-state index in [2.05, 4.69) is 51.8 Å². The van der Waals surface area contributed by atoms with Gasteiger partial charge in [-0.05, 0) is 28.9 Å². The highest BCUT2D eigenvalue weighted by atomic mass is 79.9. The number of rotatable bonds is 2. The molecule has 2 heterocycles. The predicted molar refractivity (Wildman–Crippen MR) is 79.7 cm³/mol. The molecule has 0 aliphatic heterocycles. The number of nitrogens with zero attached hydrogens (tertiary/aromatic N) is 4. The Kier molecular flexibility index (Phi) is 3.62. The number of hydrogen-bond acceptors (Lipinski definition) is 4. The summed E-state index contributed by atoms with van der Waals surface area (Å²) in [4.78, 5) is 9.01.